The highest BCUT2D eigenvalue weighted by atomic mass is 16.5. The zero-order valence-corrected chi connectivity index (χ0v) is 11.7. The number of methoxy groups -OCH3 is 1. The predicted octanol–water partition coefficient (Wildman–Crippen LogP) is 0.448. The summed E-state index contributed by atoms with van der Waals surface area (Å²) in [6.07, 6.45) is 5.73. The van der Waals surface area contributed by atoms with Crippen LogP contribution in [0, 0.1) is 12.3 Å². The van der Waals surface area contributed by atoms with Crippen molar-refractivity contribution in [1.29, 1.82) is 0 Å². The Morgan fingerprint density at radius 3 is 2.55 bits per heavy atom. The molecule has 7 nitrogen and oxygen atoms in total. The van der Waals surface area contributed by atoms with Crippen LogP contribution in [0.3, 0.4) is 0 Å². The molecular formula is C13H20N2O5. The number of terminal acetylenes is 1. The number of rotatable bonds is 8. The Bertz CT molecular complexity index is 389. The second-order valence-electron chi connectivity index (χ2n) is 4.08. The summed E-state index contributed by atoms with van der Waals surface area (Å²) in [4.78, 5) is 35.3. The highest BCUT2D eigenvalue weighted by Gasteiger charge is 2.23. The van der Waals surface area contributed by atoms with Crippen molar-refractivity contribution >= 4 is 18.0 Å². The van der Waals surface area contributed by atoms with Gasteiger partial charge in [0.05, 0.1) is 13.7 Å². The zero-order valence-electron chi connectivity index (χ0n) is 11.7. The number of aliphatic carboxylic acids is 1. The van der Waals surface area contributed by atoms with Crippen LogP contribution in [0.25, 0.3) is 0 Å². The summed E-state index contributed by atoms with van der Waals surface area (Å²) < 4.78 is 4.43. The minimum absolute atomic E-state index is 0.0379. The first-order valence-electron chi connectivity index (χ1n) is 6.24. The number of hydrogen-bond acceptors (Lipinski definition) is 4. The third-order valence-electron chi connectivity index (χ3n) is 2.52. The van der Waals surface area contributed by atoms with Crippen molar-refractivity contribution in [3.05, 3.63) is 0 Å². The van der Waals surface area contributed by atoms with Crippen LogP contribution in [-0.2, 0) is 14.3 Å². The fourth-order valence-corrected chi connectivity index (χ4v) is 1.49. The fraction of sp³-hybridized carbons (Fsp3) is 0.615. The van der Waals surface area contributed by atoms with Gasteiger partial charge in [0.2, 0.25) is 0 Å². The van der Waals surface area contributed by atoms with E-state index in [1.165, 1.54) is 12.0 Å². The third-order valence-corrected chi connectivity index (χ3v) is 2.52. The molecule has 2 amide bonds. The molecule has 0 fully saturated rings. The molecule has 0 aromatic heterocycles. The summed E-state index contributed by atoms with van der Waals surface area (Å²) in [5.41, 5.74) is 0. The van der Waals surface area contributed by atoms with Crippen LogP contribution in [-0.4, -0.2) is 54.2 Å². The topological polar surface area (TPSA) is 95.9 Å². The quantitative estimate of drug-likeness (QED) is 0.498. The number of nitrogens with one attached hydrogen (secondary N) is 1. The zero-order chi connectivity index (χ0) is 15.5. The van der Waals surface area contributed by atoms with E-state index in [-0.39, 0.29) is 19.4 Å². The van der Waals surface area contributed by atoms with E-state index < -0.39 is 24.0 Å². The number of carboxylic acids is 1. The number of carbonyl (C=O) groups is 3. The molecule has 0 bridgehead atoms. The molecular weight excluding hydrogens is 264 g/mol. The molecule has 0 aliphatic carbocycles. The van der Waals surface area contributed by atoms with Crippen LogP contribution in [0.1, 0.15) is 26.2 Å². The van der Waals surface area contributed by atoms with Crippen molar-refractivity contribution in [2.45, 2.75) is 32.2 Å². The summed E-state index contributed by atoms with van der Waals surface area (Å²) in [6, 6.07) is -1.71. The molecule has 0 aromatic carbocycles. The first-order chi connectivity index (χ1) is 9.46. The number of ether oxygens (including phenoxy) is 1. The molecule has 0 spiro atoms. The number of urea groups is 1. The van der Waals surface area contributed by atoms with Gasteiger partial charge in [0.25, 0.3) is 0 Å². The number of carbonyl (C=O) groups excluding carboxylic acids is 2. The van der Waals surface area contributed by atoms with Crippen LogP contribution < -0.4 is 5.32 Å². The lowest BCUT2D eigenvalue weighted by atomic mass is 10.1. The summed E-state index contributed by atoms with van der Waals surface area (Å²) in [5, 5.41) is 11.4. The van der Waals surface area contributed by atoms with E-state index in [2.05, 4.69) is 16.0 Å². The fourth-order valence-electron chi connectivity index (χ4n) is 1.49. The van der Waals surface area contributed by atoms with Crippen molar-refractivity contribution in [2.24, 2.45) is 0 Å². The van der Waals surface area contributed by atoms with Crippen molar-refractivity contribution < 1.29 is 24.2 Å². The summed E-state index contributed by atoms with van der Waals surface area (Å²) >= 11 is 0. The summed E-state index contributed by atoms with van der Waals surface area (Å²) in [6.45, 7) is 2.41. The Balaban J connectivity index is 4.56. The molecule has 0 saturated carbocycles. The van der Waals surface area contributed by atoms with Gasteiger partial charge in [0.1, 0.15) is 6.04 Å². The van der Waals surface area contributed by atoms with E-state index in [0.29, 0.717) is 13.0 Å². The number of hydrogen-bond donors (Lipinski definition) is 2. The van der Waals surface area contributed by atoms with Crippen LogP contribution in [0.5, 0.6) is 0 Å². The van der Waals surface area contributed by atoms with Crippen molar-refractivity contribution in [3.63, 3.8) is 0 Å². The molecule has 0 heterocycles. The Morgan fingerprint density at radius 2 is 2.10 bits per heavy atom. The lowest BCUT2D eigenvalue weighted by molar-refractivity contribution is -0.142. The van der Waals surface area contributed by atoms with Crippen molar-refractivity contribution in [2.75, 3.05) is 20.2 Å². The van der Waals surface area contributed by atoms with Gasteiger partial charge in [-0.1, -0.05) is 12.8 Å². The second-order valence-corrected chi connectivity index (χ2v) is 4.08. The molecule has 20 heavy (non-hydrogen) atoms. The minimum Gasteiger partial charge on any atom is -0.480 e. The Hall–Kier alpha value is -2.23. The van der Waals surface area contributed by atoms with Gasteiger partial charge < -0.3 is 20.1 Å². The SMILES string of the molecule is C#CCN(CCC)C(=O)N[C@H](CCC(=O)OC)C(=O)O. The van der Waals surface area contributed by atoms with Gasteiger partial charge >= 0.3 is 18.0 Å². The molecule has 7 heteroatoms. The molecule has 0 aliphatic heterocycles. The van der Waals surface area contributed by atoms with Crippen LogP contribution in [0.4, 0.5) is 4.79 Å². The monoisotopic (exact) mass is 284 g/mol. The molecule has 0 aromatic rings. The molecule has 0 rings (SSSR count). The lowest BCUT2D eigenvalue weighted by Gasteiger charge is -2.22. The maximum Gasteiger partial charge on any atom is 0.326 e. The highest BCUT2D eigenvalue weighted by Crippen LogP contribution is 2.02. The highest BCUT2D eigenvalue weighted by molar-refractivity contribution is 5.83. The Morgan fingerprint density at radius 1 is 1.45 bits per heavy atom. The number of esters is 1. The normalized spacial score (nSPS) is 11.1. The van der Waals surface area contributed by atoms with Gasteiger partial charge in [-0.05, 0) is 12.8 Å². The van der Waals surface area contributed by atoms with Gasteiger partial charge in [-0.15, -0.1) is 6.42 Å². The first kappa shape index (κ1) is 17.8. The van der Waals surface area contributed by atoms with Crippen LogP contribution >= 0.6 is 0 Å². The Kier molecular flexibility index (Phi) is 8.59. The van der Waals surface area contributed by atoms with E-state index in [1.54, 1.807) is 0 Å². The maximum atomic E-state index is 11.9. The third kappa shape index (κ3) is 6.64. The number of nitrogens with zero attached hydrogens (tertiary/aromatic N) is 1. The van der Waals surface area contributed by atoms with Gasteiger partial charge in [0, 0.05) is 13.0 Å². The van der Waals surface area contributed by atoms with Gasteiger partial charge in [-0.3, -0.25) is 4.79 Å². The van der Waals surface area contributed by atoms with Gasteiger partial charge in [-0.25, -0.2) is 9.59 Å². The standard InChI is InChI=1S/C13H20N2O5/c1-4-8-15(9-5-2)13(19)14-10(12(17)18)6-7-11(16)20-3/h1,10H,5-9H2,2-3H3,(H,14,19)(H,17,18)/t10-/m1/s1. The van der Waals surface area contributed by atoms with E-state index in [1.807, 2.05) is 6.92 Å². The van der Waals surface area contributed by atoms with Crippen LogP contribution in [0.15, 0.2) is 0 Å². The molecule has 2 N–H and O–H groups in total. The molecule has 0 unspecified atom stereocenters. The summed E-state index contributed by atoms with van der Waals surface area (Å²) in [5.74, 6) is 0.602. The number of amides is 2. The average Bonchev–Trinajstić information content (AvgIpc) is 2.42. The predicted molar refractivity (Wildman–Crippen MR) is 71.9 cm³/mol. The lowest BCUT2D eigenvalue weighted by Crippen LogP contribution is -2.48. The van der Waals surface area contributed by atoms with E-state index in [9.17, 15) is 14.4 Å². The molecule has 112 valence electrons. The van der Waals surface area contributed by atoms with Crippen LogP contribution in [0.2, 0.25) is 0 Å². The van der Waals surface area contributed by atoms with E-state index >= 15 is 0 Å². The molecule has 0 saturated heterocycles. The largest absolute Gasteiger partial charge is 0.480 e. The van der Waals surface area contributed by atoms with Gasteiger partial charge in [-0.2, -0.15) is 0 Å². The maximum absolute atomic E-state index is 11.9. The van der Waals surface area contributed by atoms with Gasteiger partial charge in [0.15, 0.2) is 0 Å². The summed E-state index contributed by atoms with van der Waals surface area (Å²) in [7, 11) is 1.21. The Labute approximate surface area is 118 Å². The smallest absolute Gasteiger partial charge is 0.326 e. The van der Waals surface area contributed by atoms with E-state index in [4.69, 9.17) is 11.5 Å². The number of carboxylic acid groups (broad SMARTS) is 1. The first-order valence-corrected chi connectivity index (χ1v) is 6.24. The second kappa shape index (κ2) is 9.67. The molecule has 0 aliphatic rings. The minimum atomic E-state index is -1.21. The average molecular weight is 284 g/mol. The van der Waals surface area contributed by atoms with Crippen molar-refractivity contribution in [3.8, 4) is 12.3 Å². The molecule has 0 radical (unpaired) electrons. The molecule has 1 atom stereocenters. The van der Waals surface area contributed by atoms with E-state index in [0.717, 1.165) is 0 Å². The van der Waals surface area contributed by atoms with Crippen molar-refractivity contribution in [1.82, 2.24) is 10.2 Å².